The number of ether oxygens (including phenoxy) is 3. The molecular weight excluding hydrogens is 406 g/mol. The maximum Gasteiger partial charge on any atom is 0.254 e. The zero-order chi connectivity index (χ0) is 20.9. The van der Waals surface area contributed by atoms with E-state index in [2.05, 4.69) is 6.58 Å². The topological polar surface area (TPSA) is 146 Å². The average Bonchev–Trinajstić information content (AvgIpc) is 3.09. The lowest BCUT2D eigenvalue weighted by Crippen LogP contribution is -2.60. The SMILES string of the molecule is C=C[C@H]1[C@H](O[C@@H]2O[C@H](CO)[C@@H](O)[C@H](O)[C@H]2O)OC=C2C(=O)N3CCS(=O)[C@H]3C[C@H]21. The van der Waals surface area contributed by atoms with E-state index in [0.717, 1.165) is 0 Å². The van der Waals surface area contributed by atoms with Gasteiger partial charge >= 0.3 is 0 Å². The number of carbonyl (C=O) groups is 1. The van der Waals surface area contributed by atoms with Crippen LogP contribution in [0.2, 0.25) is 0 Å². The Kier molecular flexibility index (Phi) is 5.81. The third-order valence-electron chi connectivity index (χ3n) is 6.04. The van der Waals surface area contributed by atoms with E-state index in [4.69, 9.17) is 14.2 Å². The second-order valence-corrected chi connectivity index (χ2v) is 9.32. The summed E-state index contributed by atoms with van der Waals surface area (Å²) in [5.41, 5.74) is 0.457. The molecule has 0 aromatic heterocycles. The smallest absolute Gasteiger partial charge is 0.254 e. The minimum atomic E-state index is -1.58. The van der Waals surface area contributed by atoms with Crippen LogP contribution in [0, 0.1) is 11.8 Å². The number of fused-ring (bicyclic) bond motifs is 2. The molecule has 0 saturated carbocycles. The van der Waals surface area contributed by atoms with Crippen LogP contribution in [0.15, 0.2) is 24.5 Å². The molecule has 0 spiro atoms. The van der Waals surface area contributed by atoms with Gasteiger partial charge in [-0.05, 0) is 6.42 Å². The molecule has 1 amide bonds. The summed E-state index contributed by atoms with van der Waals surface area (Å²) in [7, 11) is -1.12. The molecule has 0 bridgehead atoms. The van der Waals surface area contributed by atoms with Crippen LogP contribution in [0.25, 0.3) is 0 Å². The van der Waals surface area contributed by atoms with Gasteiger partial charge < -0.3 is 39.5 Å². The Bertz CT molecular complexity index is 728. The van der Waals surface area contributed by atoms with Crippen LogP contribution >= 0.6 is 0 Å². The second kappa shape index (κ2) is 8.06. The fourth-order valence-corrected chi connectivity index (χ4v) is 5.93. The van der Waals surface area contributed by atoms with Crippen molar-refractivity contribution in [3.05, 3.63) is 24.5 Å². The van der Waals surface area contributed by atoms with E-state index in [1.54, 1.807) is 11.0 Å². The molecule has 4 heterocycles. The number of piperidine rings is 1. The maximum absolute atomic E-state index is 12.8. The first-order chi connectivity index (χ1) is 13.9. The molecule has 0 aromatic rings. The van der Waals surface area contributed by atoms with Gasteiger partial charge in [-0.15, -0.1) is 6.58 Å². The summed E-state index contributed by atoms with van der Waals surface area (Å²) in [5.74, 6) is -0.589. The summed E-state index contributed by atoms with van der Waals surface area (Å²) >= 11 is 0. The summed E-state index contributed by atoms with van der Waals surface area (Å²) in [6, 6.07) is 0. The van der Waals surface area contributed by atoms with Crippen molar-refractivity contribution in [2.24, 2.45) is 11.8 Å². The first kappa shape index (κ1) is 20.9. The highest BCUT2D eigenvalue weighted by molar-refractivity contribution is 7.85. The molecule has 3 fully saturated rings. The van der Waals surface area contributed by atoms with Crippen molar-refractivity contribution in [1.29, 1.82) is 0 Å². The maximum atomic E-state index is 12.8. The van der Waals surface area contributed by atoms with E-state index in [-0.39, 0.29) is 17.2 Å². The molecule has 4 aliphatic heterocycles. The molecule has 11 heteroatoms. The highest BCUT2D eigenvalue weighted by Gasteiger charge is 2.51. The van der Waals surface area contributed by atoms with E-state index in [1.165, 1.54) is 6.26 Å². The zero-order valence-corrected chi connectivity index (χ0v) is 16.4. The fraction of sp³-hybridized carbons (Fsp3) is 0.722. The van der Waals surface area contributed by atoms with E-state index in [0.29, 0.717) is 24.3 Å². The van der Waals surface area contributed by atoms with E-state index in [1.807, 2.05) is 0 Å². The summed E-state index contributed by atoms with van der Waals surface area (Å²) in [4.78, 5) is 14.4. The molecule has 10 atom stereocenters. The summed E-state index contributed by atoms with van der Waals surface area (Å²) in [5, 5.41) is 39.0. The molecule has 0 aromatic carbocycles. The molecule has 3 saturated heterocycles. The van der Waals surface area contributed by atoms with Crippen LogP contribution in [0.5, 0.6) is 0 Å². The van der Waals surface area contributed by atoms with Crippen LogP contribution in [-0.4, -0.2) is 96.7 Å². The molecule has 162 valence electrons. The van der Waals surface area contributed by atoms with Crippen LogP contribution in [0.4, 0.5) is 0 Å². The van der Waals surface area contributed by atoms with Crippen LogP contribution in [-0.2, 0) is 29.8 Å². The number of aliphatic hydroxyl groups excluding tert-OH is 4. The van der Waals surface area contributed by atoms with Crippen molar-refractivity contribution >= 4 is 16.7 Å². The average molecular weight is 431 g/mol. The van der Waals surface area contributed by atoms with Gasteiger partial charge in [0.1, 0.15) is 29.8 Å². The van der Waals surface area contributed by atoms with Crippen LogP contribution in [0.1, 0.15) is 6.42 Å². The van der Waals surface area contributed by atoms with Gasteiger partial charge in [0.25, 0.3) is 5.91 Å². The summed E-state index contributed by atoms with van der Waals surface area (Å²) < 4.78 is 29.0. The van der Waals surface area contributed by atoms with Crippen molar-refractivity contribution < 1.29 is 43.6 Å². The third kappa shape index (κ3) is 3.44. The number of aliphatic hydroxyl groups is 4. The highest BCUT2D eigenvalue weighted by atomic mass is 32.2. The van der Waals surface area contributed by atoms with E-state index >= 15 is 0 Å². The molecule has 0 radical (unpaired) electrons. The Labute approximate surface area is 169 Å². The zero-order valence-electron chi connectivity index (χ0n) is 15.6. The third-order valence-corrected chi connectivity index (χ3v) is 7.68. The first-order valence-electron chi connectivity index (χ1n) is 9.49. The standard InChI is InChI=1S/C18H25NO9S/c1-2-8-9-5-12-19(3-4-29(12)25)16(24)10(9)7-26-17(8)28-18-15(23)14(22)13(21)11(6-20)27-18/h2,7-9,11-15,17-18,20-23H,1,3-6H2/t8-,9+,11-,12+,13-,14+,15-,17+,18+,29?/m1/s1. The van der Waals surface area contributed by atoms with Crippen molar-refractivity contribution in [3.63, 3.8) is 0 Å². The Morgan fingerprint density at radius 2 is 2.03 bits per heavy atom. The molecule has 4 rings (SSSR count). The summed E-state index contributed by atoms with van der Waals surface area (Å²) in [6.07, 6.45) is -4.75. The molecule has 0 aliphatic carbocycles. The Hall–Kier alpha value is -1.34. The number of carbonyl (C=O) groups excluding carboxylic acids is 1. The molecule has 10 nitrogen and oxygen atoms in total. The normalized spacial score (nSPS) is 47.1. The predicted molar refractivity (Wildman–Crippen MR) is 98.1 cm³/mol. The van der Waals surface area contributed by atoms with Gasteiger partial charge in [0.2, 0.25) is 6.29 Å². The quantitative estimate of drug-likeness (QED) is 0.364. The predicted octanol–water partition coefficient (Wildman–Crippen LogP) is -2.22. The Balaban J connectivity index is 1.54. The number of rotatable bonds is 4. The van der Waals surface area contributed by atoms with Gasteiger partial charge in [-0.3, -0.25) is 9.00 Å². The van der Waals surface area contributed by atoms with Gasteiger partial charge in [-0.25, -0.2) is 0 Å². The van der Waals surface area contributed by atoms with Gasteiger partial charge in [0.15, 0.2) is 6.29 Å². The lowest BCUT2D eigenvalue weighted by Gasteiger charge is -2.45. The monoisotopic (exact) mass is 431 g/mol. The second-order valence-electron chi connectivity index (χ2n) is 7.60. The fourth-order valence-electron chi connectivity index (χ4n) is 4.38. The highest BCUT2D eigenvalue weighted by Crippen LogP contribution is 2.43. The first-order valence-corrected chi connectivity index (χ1v) is 10.9. The van der Waals surface area contributed by atoms with E-state index in [9.17, 15) is 29.4 Å². The van der Waals surface area contributed by atoms with Crippen LogP contribution < -0.4 is 0 Å². The van der Waals surface area contributed by atoms with Gasteiger partial charge in [-0.1, -0.05) is 6.08 Å². The number of hydrogen-bond acceptors (Lipinski definition) is 9. The minimum absolute atomic E-state index is 0.213. The van der Waals surface area contributed by atoms with Crippen molar-refractivity contribution in [2.75, 3.05) is 18.9 Å². The van der Waals surface area contributed by atoms with E-state index < -0.39 is 60.3 Å². The molecule has 1 unspecified atom stereocenters. The molecular formula is C18H25NO9S. The largest absolute Gasteiger partial charge is 0.471 e. The number of hydrogen-bond donors (Lipinski definition) is 4. The minimum Gasteiger partial charge on any atom is -0.471 e. The van der Waals surface area contributed by atoms with Crippen molar-refractivity contribution in [1.82, 2.24) is 4.90 Å². The van der Waals surface area contributed by atoms with Crippen LogP contribution in [0.3, 0.4) is 0 Å². The number of amides is 1. The number of nitrogens with zero attached hydrogens (tertiary/aromatic N) is 1. The lowest BCUT2D eigenvalue weighted by molar-refractivity contribution is -0.339. The Morgan fingerprint density at radius 3 is 2.72 bits per heavy atom. The summed E-state index contributed by atoms with van der Waals surface area (Å²) in [6.45, 7) is 3.68. The van der Waals surface area contributed by atoms with Gasteiger partial charge in [-0.2, -0.15) is 0 Å². The molecule has 4 N–H and O–H groups in total. The van der Waals surface area contributed by atoms with Gasteiger partial charge in [0.05, 0.1) is 18.4 Å². The molecule has 4 aliphatic rings. The van der Waals surface area contributed by atoms with Crippen molar-refractivity contribution in [3.8, 4) is 0 Å². The molecule has 29 heavy (non-hydrogen) atoms. The lowest BCUT2D eigenvalue weighted by atomic mass is 9.79. The van der Waals surface area contributed by atoms with Crippen molar-refractivity contribution in [2.45, 2.75) is 48.8 Å². The Morgan fingerprint density at radius 1 is 1.28 bits per heavy atom. The van der Waals surface area contributed by atoms with Gasteiger partial charge in [0, 0.05) is 34.9 Å².